The maximum Gasteiger partial charge on any atom is 0.338 e. The Balaban J connectivity index is 1.64. The maximum atomic E-state index is 13.0. The third-order valence-corrected chi connectivity index (χ3v) is 7.08. The number of ether oxygens (including phenoxy) is 1. The molecule has 0 spiro atoms. The van der Waals surface area contributed by atoms with E-state index in [9.17, 15) is 9.59 Å². The number of benzene rings is 2. The van der Waals surface area contributed by atoms with Gasteiger partial charge in [-0.25, -0.2) is 9.79 Å². The smallest absolute Gasteiger partial charge is 0.338 e. The first kappa shape index (κ1) is 24.8. The van der Waals surface area contributed by atoms with Gasteiger partial charge < -0.3 is 15.0 Å². The van der Waals surface area contributed by atoms with Crippen molar-refractivity contribution in [1.82, 2.24) is 4.90 Å². The molecule has 0 aliphatic carbocycles. The topological polar surface area (TPSA) is 71.0 Å². The van der Waals surface area contributed by atoms with Crippen LogP contribution in [0.3, 0.4) is 0 Å². The standard InChI is InChI=1S/C28H31N3O3S/c1-6-23-25(27(33)34-5)26(20-9-7-8-18(4)14-20)31-22(16-35-28(31)30-23)15-24(32)29-21-12-10-19(11-13-21)17(2)3/h7-14,16-17,26H,6,15H2,1-5H3,(H,29,32)/t26-/m1/s1. The lowest BCUT2D eigenvalue weighted by Gasteiger charge is -2.36. The molecule has 0 saturated carbocycles. The third-order valence-electron chi connectivity index (χ3n) is 6.19. The molecule has 2 aliphatic heterocycles. The molecule has 2 aromatic rings. The number of amidine groups is 1. The summed E-state index contributed by atoms with van der Waals surface area (Å²) >= 11 is 1.48. The van der Waals surface area contributed by atoms with Crippen LogP contribution < -0.4 is 5.32 Å². The summed E-state index contributed by atoms with van der Waals surface area (Å²) in [6.45, 7) is 8.29. The highest BCUT2D eigenvalue weighted by Gasteiger charge is 2.41. The van der Waals surface area contributed by atoms with Crippen LogP contribution in [0.4, 0.5) is 5.69 Å². The van der Waals surface area contributed by atoms with Gasteiger partial charge in [-0.2, -0.15) is 0 Å². The Morgan fingerprint density at radius 3 is 2.54 bits per heavy atom. The van der Waals surface area contributed by atoms with Crippen molar-refractivity contribution in [3.05, 3.63) is 87.6 Å². The van der Waals surface area contributed by atoms with Crippen molar-refractivity contribution in [2.75, 3.05) is 12.4 Å². The zero-order chi connectivity index (χ0) is 25.1. The molecule has 0 aromatic heterocycles. The Morgan fingerprint density at radius 1 is 1.17 bits per heavy atom. The molecule has 0 saturated heterocycles. The number of allylic oxidation sites excluding steroid dienone is 1. The quantitative estimate of drug-likeness (QED) is 0.463. The number of amides is 1. The third kappa shape index (κ3) is 5.20. The summed E-state index contributed by atoms with van der Waals surface area (Å²) in [4.78, 5) is 32.8. The molecule has 35 heavy (non-hydrogen) atoms. The van der Waals surface area contributed by atoms with Gasteiger partial charge in [-0.05, 0) is 47.9 Å². The molecule has 1 atom stereocenters. The number of thioether (sulfide) groups is 1. The molecule has 2 aliphatic rings. The van der Waals surface area contributed by atoms with E-state index >= 15 is 0 Å². The van der Waals surface area contributed by atoms with Crippen LogP contribution in [0.2, 0.25) is 0 Å². The van der Waals surface area contributed by atoms with Crippen LogP contribution in [0.15, 0.2) is 75.9 Å². The number of nitrogens with one attached hydrogen (secondary N) is 1. The molecule has 2 aromatic carbocycles. The first-order chi connectivity index (χ1) is 16.8. The van der Waals surface area contributed by atoms with Crippen LogP contribution in [0.1, 0.15) is 62.3 Å². The number of nitrogens with zero attached hydrogens (tertiary/aromatic N) is 2. The molecular formula is C28H31N3O3S. The number of anilines is 1. The number of hydrogen-bond acceptors (Lipinski definition) is 6. The summed E-state index contributed by atoms with van der Waals surface area (Å²) in [5.41, 5.74) is 6.07. The molecule has 1 N–H and O–H groups in total. The average molecular weight is 490 g/mol. The molecule has 0 bridgehead atoms. The minimum Gasteiger partial charge on any atom is -0.466 e. The van der Waals surface area contributed by atoms with Gasteiger partial charge in [0, 0.05) is 11.4 Å². The first-order valence-corrected chi connectivity index (χ1v) is 12.7. The van der Waals surface area contributed by atoms with E-state index < -0.39 is 12.0 Å². The van der Waals surface area contributed by atoms with Gasteiger partial charge in [0.15, 0.2) is 5.17 Å². The van der Waals surface area contributed by atoms with Gasteiger partial charge in [0.2, 0.25) is 5.91 Å². The van der Waals surface area contributed by atoms with Gasteiger partial charge in [0.05, 0.1) is 30.8 Å². The number of esters is 1. The number of aliphatic imine (C=N–C) groups is 1. The molecule has 1 amide bonds. The SMILES string of the molecule is CCC1=C(C(=O)OC)[C@@H](c2cccc(C)c2)N2C(CC(=O)Nc3ccc(C(C)C)cc3)=CSC2=N1. The van der Waals surface area contributed by atoms with Gasteiger partial charge in [-0.1, -0.05) is 74.5 Å². The first-order valence-electron chi connectivity index (χ1n) is 11.8. The summed E-state index contributed by atoms with van der Waals surface area (Å²) < 4.78 is 5.18. The van der Waals surface area contributed by atoms with Crippen molar-refractivity contribution in [2.24, 2.45) is 4.99 Å². The molecule has 0 unspecified atom stereocenters. The lowest BCUT2D eigenvalue weighted by molar-refractivity contribution is -0.136. The highest BCUT2D eigenvalue weighted by molar-refractivity contribution is 8.16. The zero-order valence-electron chi connectivity index (χ0n) is 20.8. The van der Waals surface area contributed by atoms with E-state index in [-0.39, 0.29) is 12.3 Å². The number of fused-ring (bicyclic) bond motifs is 1. The van der Waals surface area contributed by atoms with Gasteiger partial charge in [0.25, 0.3) is 0 Å². The molecule has 2 heterocycles. The fraction of sp³-hybridized carbons (Fsp3) is 0.321. The Kier molecular flexibility index (Phi) is 7.45. The number of methoxy groups -OCH3 is 1. The molecule has 6 nitrogen and oxygen atoms in total. The Labute approximate surface area is 211 Å². The van der Waals surface area contributed by atoms with Crippen molar-refractivity contribution < 1.29 is 14.3 Å². The fourth-order valence-electron chi connectivity index (χ4n) is 4.39. The average Bonchev–Trinajstić information content (AvgIpc) is 3.24. The van der Waals surface area contributed by atoms with Crippen LogP contribution in [-0.2, 0) is 14.3 Å². The maximum absolute atomic E-state index is 13.0. The summed E-state index contributed by atoms with van der Waals surface area (Å²) in [6, 6.07) is 15.6. The van der Waals surface area contributed by atoms with E-state index in [4.69, 9.17) is 9.73 Å². The van der Waals surface area contributed by atoms with E-state index in [1.54, 1.807) is 0 Å². The number of aryl methyl sites for hydroxylation is 1. The Morgan fingerprint density at radius 2 is 1.91 bits per heavy atom. The summed E-state index contributed by atoms with van der Waals surface area (Å²) in [6.07, 6.45) is 0.767. The van der Waals surface area contributed by atoms with Crippen molar-refractivity contribution in [3.63, 3.8) is 0 Å². The normalized spacial score (nSPS) is 17.2. The highest BCUT2D eigenvalue weighted by Crippen LogP contribution is 2.45. The number of carbonyl (C=O) groups excluding carboxylic acids is 2. The molecular weight excluding hydrogens is 458 g/mol. The number of rotatable bonds is 7. The monoisotopic (exact) mass is 489 g/mol. The van der Waals surface area contributed by atoms with Crippen molar-refractivity contribution >= 4 is 34.5 Å². The van der Waals surface area contributed by atoms with Gasteiger partial charge in [-0.3, -0.25) is 4.79 Å². The predicted molar refractivity (Wildman–Crippen MR) is 142 cm³/mol. The van der Waals surface area contributed by atoms with Crippen LogP contribution in [0.5, 0.6) is 0 Å². The van der Waals surface area contributed by atoms with E-state index in [1.165, 1.54) is 24.4 Å². The molecule has 7 heteroatoms. The minimum atomic E-state index is -0.413. The summed E-state index contributed by atoms with van der Waals surface area (Å²) in [5.74, 6) is -0.0914. The summed E-state index contributed by atoms with van der Waals surface area (Å²) in [7, 11) is 1.39. The van der Waals surface area contributed by atoms with Crippen molar-refractivity contribution in [3.8, 4) is 0 Å². The second-order valence-electron chi connectivity index (χ2n) is 9.02. The molecule has 4 rings (SSSR count). The van der Waals surface area contributed by atoms with E-state index in [1.807, 2.05) is 66.6 Å². The predicted octanol–water partition coefficient (Wildman–Crippen LogP) is 6.29. The van der Waals surface area contributed by atoms with Crippen LogP contribution >= 0.6 is 11.8 Å². The van der Waals surface area contributed by atoms with Gasteiger partial charge >= 0.3 is 5.97 Å². The number of hydrogen-bond donors (Lipinski definition) is 1. The lowest BCUT2D eigenvalue weighted by atomic mass is 9.92. The van der Waals surface area contributed by atoms with Crippen LogP contribution in [0.25, 0.3) is 0 Å². The lowest BCUT2D eigenvalue weighted by Crippen LogP contribution is -2.37. The van der Waals surface area contributed by atoms with Crippen molar-refractivity contribution in [1.29, 1.82) is 0 Å². The van der Waals surface area contributed by atoms with Gasteiger partial charge in [0.1, 0.15) is 0 Å². The minimum absolute atomic E-state index is 0.122. The van der Waals surface area contributed by atoms with Crippen LogP contribution in [-0.4, -0.2) is 29.1 Å². The van der Waals surface area contributed by atoms with E-state index in [0.717, 1.165) is 27.7 Å². The molecule has 0 radical (unpaired) electrons. The molecule has 182 valence electrons. The van der Waals surface area contributed by atoms with Crippen molar-refractivity contribution in [2.45, 2.75) is 52.5 Å². The molecule has 0 fully saturated rings. The Hall–Kier alpha value is -3.32. The van der Waals surface area contributed by atoms with E-state index in [0.29, 0.717) is 23.6 Å². The zero-order valence-corrected chi connectivity index (χ0v) is 21.6. The highest BCUT2D eigenvalue weighted by atomic mass is 32.2. The Bertz CT molecular complexity index is 1230. The second kappa shape index (κ2) is 10.5. The van der Waals surface area contributed by atoms with E-state index in [2.05, 4.69) is 25.2 Å². The number of carbonyl (C=O) groups is 2. The second-order valence-corrected chi connectivity index (χ2v) is 9.85. The summed E-state index contributed by atoms with van der Waals surface area (Å²) in [5, 5.41) is 5.72. The largest absolute Gasteiger partial charge is 0.466 e. The van der Waals surface area contributed by atoms with Crippen LogP contribution in [0, 0.1) is 6.92 Å². The van der Waals surface area contributed by atoms with Gasteiger partial charge in [-0.15, -0.1) is 0 Å². The fourth-order valence-corrected chi connectivity index (χ4v) is 5.33.